The smallest absolute Gasteiger partial charge is 0.268 e. The van der Waals surface area contributed by atoms with E-state index in [4.69, 9.17) is 4.74 Å². The zero-order valence-corrected chi connectivity index (χ0v) is 20.5. The molecule has 0 saturated heterocycles. The van der Waals surface area contributed by atoms with Gasteiger partial charge in [0.25, 0.3) is 10.0 Å². The molecule has 1 amide bonds. The van der Waals surface area contributed by atoms with Crippen LogP contribution in [0.5, 0.6) is 0 Å². The van der Waals surface area contributed by atoms with E-state index in [1.165, 1.54) is 19.1 Å². The number of rotatable bonds is 13. The molecule has 0 aliphatic rings. The SMILES string of the molecule is CC(=O)NCC(CCCc1csc(S(=O)(=O)NCc2ccccc2)n1)OCc1ccc(F)cc1. The third-order valence-electron chi connectivity index (χ3n) is 5.01. The molecule has 3 aromatic rings. The predicted octanol–water partition coefficient (Wildman–Crippen LogP) is 3.80. The summed E-state index contributed by atoms with van der Waals surface area (Å²) in [6.07, 6.45) is 1.70. The van der Waals surface area contributed by atoms with Crippen molar-refractivity contribution in [2.45, 2.75) is 49.8 Å². The fourth-order valence-electron chi connectivity index (χ4n) is 3.17. The van der Waals surface area contributed by atoms with E-state index in [1.54, 1.807) is 17.5 Å². The summed E-state index contributed by atoms with van der Waals surface area (Å²) >= 11 is 1.09. The van der Waals surface area contributed by atoms with Crippen molar-refractivity contribution >= 4 is 27.3 Å². The second-order valence-electron chi connectivity index (χ2n) is 7.80. The first-order valence-corrected chi connectivity index (χ1v) is 13.3. The van der Waals surface area contributed by atoms with Crippen LogP contribution in [-0.4, -0.2) is 32.0 Å². The van der Waals surface area contributed by atoms with Crippen LogP contribution in [0.4, 0.5) is 4.39 Å². The molecule has 2 N–H and O–H groups in total. The lowest BCUT2D eigenvalue weighted by atomic mass is 10.1. The van der Waals surface area contributed by atoms with E-state index < -0.39 is 10.0 Å². The number of hydrogen-bond acceptors (Lipinski definition) is 6. The van der Waals surface area contributed by atoms with Gasteiger partial charge in [0, 0.05) is 25.4 Å². The summed E-state index contributed by atoms with van der Waals surface area (Å²) in [4.78, 5) is 15.6. The number of aryl methyl sites for hydroxylation is 1. The maximum atomic E-state index is 13.1. The number of carbonyl (C=O) groups excluding carboxylic acids is 1. The maximum Gasteiger partial charge on any atom is 0.268 e. The van der Waals surface area contributed by atoms with Gasteiger partial charge in [-0.3, -0.25) is 4.79 Å². The Bertz CT molecular complexity index is 1150. The Labute approximate surface area is 203 Å². The van der Waals surface area contributed by atoms with Crippen molar-refractivity contribution in [1.82, 2.24) is 15.0 Å². The van der Waals surface area contributed by atoms with Crippen molar-refractivity contribution < 1.29 is 22.3 Å². The first kappa shape index (κ1) is 26.0. The molecule has 2 aromatic carbocycles. The fourth-order valence-corrected chi connectivity index (χ4v) is 5.29. The van der Waals surface area contributed by atoms with Gasteiger partial charge in [0.05, 0.1) is 18.4 Å². The molecule has 10 heteroatoms. The number of amides is 1. The Morgan fingerprint density at radius 2 is 1.85 bits per heavy atom. The minimum absolute atomic E-state index is 0.0424. The van der Waals surface area contributed by atoms with Gasteiger partial charge in [-0.1, -0.05) is 42.5 Å². The van der Waals surface area contributed by atoms with Crippen molar-refractivity contribution in [3.63, 3.8) is 0 Å². The molecular formula is C24H28FN3O4S2. The third-order valence-corrected chi connectivity index (χ3v) is 7.71. The molecule has 0 saturated carbocycles. The second kappa shape index (κ2) is 12.7. The van der Waals surface area contributed by atoms with Gasteiger partial charge in [0.15, 0.2) is 0 Å². The van der Waals surface area contributed by atoms with Crippen molar-refractivity contribution in [3.8, 4) is 0 Å². The Morgan fingerprint density at radius 1 is 1.12 bits per heavy atom. The molecule has 7 nitrogen and oxygen atoms in total. The molecule has 34 heavy (non-hydrogen) atoms. The molecule has 3 rings (SSSR count). The van der Waals surface area contributed by atoms with Gasteiger partial charge in [-0.15, -0.1) is 11.3 Å². The van der Waals surface area contributed by atoms with E-state index in [0.717, 1.165) is 22.5 Å². The summed E-state index contributed by atoms with van der Waals surface area (Å²) in [6.45, 7) is 2.31. The third kappa shape index (κ3) is 8.60. The first-order chi connectivity index (χ1) is 16.3. The lowest BCUT2D eigenvalue weighted by Crippen LogP contribution is -2.32. The van der Waals surface area contributed by atoms with Crippen LogP contribution in [-0.2, 0) is 39.1 Å². The van der Waals surface area contributed by atoms with Gasteiger partial charge >= 0.3 is 0 Å². The standard InChI is InChI=1S/C24H28FN3O4S2/c1-18(29)26-15-23(32-16-20-10-12-21(25)13-11-20)9-5-8-22-17-33-24(28-22)34(30,31)27-14-19-6-3-2-4-7-19/h2-4,6-7,10-13,17,23,27H,5,8-9,14-16H2,1H3,(H,26,29). The highest BCUT2D eigenvalue weighted by atomic mass is 32.2. The van der Waals surface area contributed by atoms with Crippen LogP contribution in [0.25, 0.3) is 0 Å². The van der Waals surface area contributed by atoms with E-state index in [2.05, 4.69) is 15.0 Å². The van der Waals surface area contributed by atoms with E-state index in [-0.39, 0.29) is 28.7 Å². The van der Waals surface area contributed by atoms with Crippen LogP contribution in [0, 0.1) is 5.82 Å². The normalized spacial score (nSPS) is 12.4. The second-order valence-corrected chi connectivity index (χ2v) is 10.6. The number of halogens is 1. The van der Waals surface area contributed by atoms with Crippen molar-refractivity contribution in [2.75, 3.05) is 6.54 Å². The molecule has 0 spiro atoms. The van der Waals surface area contributed by atoms with Gasteiger partial charge in [-0.2, -0.15) is 0 Å². The molecule has 0 fully saturated rings. The van der Waals surface area contributed by atoms with Crippen LogP contribution < -0.4 is 10.0 Å². The maximum absolute atomic E-state index is 13.1. The number of thiazole rings is 1. The number of aromatic nitrogens is 1. The van der Waals surface area contributed by atoms with E-state index in [0.29, 0.717) is 38.1 Å². The zero-order chi connectivity index (χ0) is 24.4. The van der Waals surface area contributed by atoms with Crippen LogP contribution in [0.1, 0.15) is 36.6 Å². The quantitative estimate of drug-likeness (QED) is 0.368. The number of ether oxygens (including phenoxy) is 1. The highest BCUT2D eigenvalue weighted by Crippen LogP contribution is 2.18. The molecule has 1 unspecified atom stereocenters. The summed E-state index contributed by atoms with van der Waals surface area (Å²) in [5, 5.41) is 4.52. The molecule has 1 aromatic heterocycles. The lowest BCUT2D eigenvalue weighted by Gasteiger charge is -2.18. The molecule has 1 atom stereocenters. The van der Waals surface area contributed by atoms with Crippen LogP contribution in [0.3, 0.4) is 0 Å². The van der Waals surface area contributed by atoms with E-state index in [1.807, 2.05) is 30.3 Å². The molecule has 182 valence electrons. The minimum Gasteiger partial charge on any atom is -0.372 e. The molecule has 1 heterocycles. The Morgan fingerprint density at radius 3 is 2.56 bits per heavy atom. The summed E-state index contributed by atoms with van der Waals surface area (Å²) in [6, 6.07) is 15.4. The van der Waals surface area contributed by atoms with Gasteiger partial charge in [0.1, 0.15) is 5.82 Å². The van der Waals surface area contributed by atoms with Crippen LogP contribution in [0.2, 0.25) is 0 Å². The van der Waals surface area contributed by atoms with Gasteiger partial charge < -0.3 is 10.1 Å². The highest BCUT2D eigenvalue weighted by Gasteiger charge is 2.19. The summed E-state index contributed by atoms with van der Waals surface area (Å²) in [5.74, 6) is -0.453. The predicted molar refractivity (Wildman–Crippen MR) is 129 cm³/mol. The summed E-state index contributed by atoms with van der Waals surface area (Å²) < 4.78 is 46.7. The largest absolute Gasteiger partial charge is 0.372 e. The average molecular weight is 506 g/mol. The van der Waals surface area contributed by atoms with Crippen molar-refractivity contribution in [2.24, 2.45) is 0 Å². The van der Waals surface area contributed by atoms with Gasteiger partial charge in [-0.05, 0) is 42.5 Å². The van der Waals surface area contributed by atoms with Gasteiger partial charge in [0.2, 0.25) is 10.2 Å². The van der Waals surface area contributed by atoms with Crippen LogP contribution >= 0.6 is 11.3 Å². The Kier molecular flexibility index (Phi) is 9.70. The van der Waals surface area contributed by atoms with E-state index >= 15 is 0 Å². The monoisotopic (exact) mass is 505 g/mol. The van der Waals surface area contributed by atoms with Crippen molar-refractivity contribution in [1.29, 1.82) is 0 Å². The number of nitrogens with one attached hydrogen (secondary N) is 2. The number of carbonyl (C=O) groups is 1. The highest BCUT2D eigenvalue weighted by molar-refractivity contribution is 7.91. The molecular weight excluding hydrogens is 477 g/mol. The minimum atomic E-state index is -3.68. The van der Waals surface area contributed by atoms with Gasteiger partial charge in [-0.25, -0.2) is 22.5 Å². The summed E-state index contributed by atoms with van der Waals surface area (Å²) in [7, 11) is -3.68. The van der Waals surface area contributed by atoms with Crippen molar-refractivity contribution in [3.05, 3.63) is 82.6 Å². The Hall–Kier alpha value is -2.66. The number of sulfonamides is 1. The molecule has 0 aliphatic heterocycles. The lowest BCUT2D eigenvalue weighted by molar-refractivity contribution is -0.119. The van der Waals surface area contributed by atoms with E-state index in [9.17, 15) is 17.6 Å². The summed E-state index contributed by atoms with van der Waals surface area (Å²) in [5.41, 5.74) is 2.40. The van der Waals surface area contributed by atoms with Crippen LogP contribution in [0.15, 0.2) is 64.3 Å². The number of nitrogens with zero attached hydrogens (tertiary/aromatic N) is 1. The number of hydrogen-bond donors (Lipinski definition) is 2. The zero-order valence-electron chi connectivity index (χ0n) is 18.9. The average Bonchev–Trinajstić information content (AvgIpc) is 3.31. The number of benzene rings is 2. The fraction of sp³-hybridized carbons (Fsp3) is 0.333. The molecule has 0 bridgehead atoms. The topological polar surface area (TPSA) is 97.4 Å². The molecule has 0 radical (unpaired) electrons. The molecule has 0 aliphatic carbocycles. The first-order valence-electron chi connectivity index (χ1n) is 10.9. The Balaban J connectivity index is 1.50.